The minimum Gasteiger partial charge on any atom is -0.337 e. The highest BCUT2D eigenvalue weighted by Gasteiger charge is 2.36. The maximum absolute atomic E-state index is 12.6. The summed E-state index contributed by atoms with van der Waals surface area (Å²) >= 11 is 1.66. The molecule has 1 aromatic carbocycles. The van der Waals surface area contributed by atoms with Crippen molar-refractivity contribution in [3.05, 3.63) is 47.6 Å². The summed E-state index contributed by atoms with van der Waals surface area (Å²) in [7, 11) is 0. The molecule has 5 nitrogen and oxygen atoms in total. The van der Waals surface area contributed by atoms with Crippen LogP contribution in [0.4, 0.5) is 0 Å². The molecule has 2 aromatic rings. The molecule has 0 radical (unpaired) electrons. The van der Waals surface area contributed by atoms with Gasteiger partial charge in [-0.25, -0.2) is 0 Å². The summed E-state index contributed by atoms with van der Waals surface area (Å²) < 4.78 is 5.44. The number of aromatic nitrogens is 2. The van der Waals surface area contributed by atoms with E-state index in [1.807, 2.05) is 23.1 Å². The first-order chi connectivity index (χ1) is 11.8. The van der Waals surface area contributed by atoms with Crippen molar-refractivity contribution < 1.29 is 9.32 Å². The Morgan fingerprint density at radius 1 is 1.25 bits per heavy atom. The Bertz CT molecular complexity index is 699. The molecule has 4 rings (SSSR count). The number of nitrogens with zero attached hydrogens (tertiary/aromatic N) is 3. The lowest BCUT2D eigenvalue weighted by molar-refractivity contribution is -0.129. The van der Waals surface area contributed by atoms with Gasteiger partial charge in [0.1, 0.15) is 6.04 Å². The van der Waals surface area contributed by atoms with Gasteiger partial charge >= 0.3 is 0 Å². The highest BCUT2D eigenvalue weighted by Crippen LogP contribution is 2.39. The SMILES string of the molecule is O=C(CSCc1ccccc1)N1CCCC1c1nc(C2CC2)no1. The van der Waals surface area contributed by atoms with Crippen LogP contribution in [0.1, 0.15) is 54.9 Å². The fraction of sp³-hybridized carbons (Fsp3) is 0.500. The molecule has 1 atom stereocenters. The number of thioether (sulfide) groups is 1. The van der Waals surface area contributed by atoms with Crippen LogP contribution >= 0.6 is 11.8 Å². The van der Waals surface area contributed by atoms with Gasteiger partial charge in [-0.05, 0) is 31.2 Å². The van der Waals surface area contributed by atoms with Crippen LogP contribution in [0.3, 0.4) is 0 Å². The van der Waals surface area contributed by atoms with Crippen LogP contribution in [-0.2, 0) is 10.5 Å². The second-order valence-electron chi connectivity index (χ2n) is 6.49. The zero-order chi connectivity index (χ0) is 16.4. The van der Waals surface area contributed by atoms with E-state index in [0.29, 0.717) is 17.6 Å². The third kappa shape index (κ3) is 3.48. The Labute approximate surface area is 145 Å². The molecule has 1 aliphatic heterocycles. The van der Waals surface area contributed by atoms with E-state index in [9.17, 15) is 4.79 Å². The van der Waals surface area contributed by atoms with Crippen molar-refractivity contribution >= 4 is 17.7 Å². The number of hydrogen-bond acceptors (Lipinski definition) is 5. The predicted molar refractivity (Wildman–Crippen MR) is 92.6 cm³/mol. The fourth-order valence-corrected chi connectivity index (χ4v) is 4.00. The van der Waals surface area contributed by atoms with E-state index in [-0.39, 0.29) is 11.9 Å². The van der Waals surface area contributed by atoms with Gasteiger partial charge in [-0.1, -0.05) is 35.5 Å². The molecule has 0 spiro atoms. The molecule has 1 saturated heterocycles. The maximum Gasteiger partial charge on any atom is 0.249 e. The molecule has 2 heterocycles. The summed E-state index contributed by atoms with van der Waals surface area (Å²) in [5.41, 5.74) is 1.25. The highest BCUT2D eigenvalue weighted by atomic mass is 32.2. The molecular weight excluding hydrogens is 322 g/mol. The quantitative estimate of drug-likeness (QED) is 0.803. The lowest BCUT2D eigenvalue weighted by Gasteiger charge is -2.21. The monoisotopic (exact) mass is 343 g/mol. The largest absolute Gasteiger partial charge is 0.337 e. The average molecular weight is 343 g/mol. The van der Waals surface area contributed by atoms with Crippen molar-refractivity contribution in [1.82, 2.24) is 15.0 Å². The predicted octanol–water partition coefficient (Wildman–Crippen LogP) is 3.54. The lowest BCUT2D eigenvalue weighted by Crippen LogP contribution is -2.32. The topological polar surface area (TPSA) is 59.2 Å². The van der Waals surface area contributed by atoms with Crippen molar-refractivity contribution in [2.75, 3.05) is 12.3 Å². The molecule has 0 bridgehead atoms. The Morgan fingerprint density at radius 3 is 2.88 bits per heavy atom. The van der Waals surface area contributed by atoms with Gasteiger partial charge in [-0.15, -0.1) is 11.8 Å². The van der Waals surface area contributed by atoms with Crippen LogP contribution < -0.4 is 0 Å². The normalized spacial score (nSPS) is 20.5. The van der Waals surface area contributed by atoms with Crippen LogP contribution in [0, 0.1) is 0 Å². The summed E-state index contributed by atoms with van der Waals surface area (Å²) in [5, 5.41) is 4.09. The van der Waals surface area contributed by atoms with Crippen LogP contribution in [0.15, 0.2) is 34.9 Å². The first-order valence-electron chi connectivity index (χ1n) is 8.56. The van der Waals surface area contributed by atoms with E-state index >= 15 is 0 Å². The molecule has 1 unspecified atom stereocenters. The van der Waals surface area contributed by atoms with E-state index in [1.165, 1.54) is 5.56 Å². The van der Waals surface area contributed by atoms with Gasteiger partial charge in [-0.2, -0.15) is 4.98 Å². The minimum atomic E-state index is -0.0326. The summed E-state index contributed by atoms with van der Waals surface area (Å²) in [4.78, 5) is 19.0. The van der Waals surface area contributed by atoms with Gasteiger partial charge in [0.2, 0.25) is 11.8 Å². The van der Waals surface area contributed by atoms with E-state index in [1.54, 1.807) is 11.8 Å². The second-order valence-corrected chi connectivity index (χ2v) is 7.47. The van der Waals surface area contributed by atoms with Crippen LogP contribution in [0.5, 0.6) is 0 Å². The number of likely N-dealkylation sites (tertiary alicyclic amines) is 1. The van der Waals surface area contributed by atoms with E-state index in [0.717, 1.165) is 43.8 Å². The van der Waals surface area contributed by atoms with Crippen molar-refractivity contribution in [2.24, 2.45) is 0 Å². The zero-order valence-corrected chi connectivity index (χ0v) is 14.4. The summed E-state index contributed by atoms with van der Waals surface area (Å²) in [5.74, 6) is 3.45. The standard InChI is InChI=1S/C18H21N3O2S/c22-16(12-24-11-13-5-2-1-3-6-13)21-10-4-7-15(21)18-19-17(20-23-18)14-8-9-14/h1-3,5-6,14-15H,4,7-12H2. The summed E-state index contributed by atoms with van der Waals surface area (Å²) in [6, 6.07) is 10.2. The van der Waals surface area contributed by atoms with Crippen molar-refractivity contribution in [2.45, 2.75) is 43.4 Å². The Morgan fingerprint density at radius 2 is 2.08 bits per heavy atom. The molecule has 2 fully saturated rings. The number of rotatable bonds is 6. The maximum atomic E-state index is 12.6. The average Bonchev–Trinajstić information content (AvgIpc) is 3.14. The van der Waals surface area contributed by atoms with Crippen LogP contribution in [0.2, 0.25) is 0 Å². The van der Waals surface area contributed by atoms with Gasteiger partial charge in [-0.3, -0.25) is 4.79 Å². The van der Waals surface area contributed by atoms with Crippen molar-refractivity contribution in [3.63, 3.8) is 0 Å². The van der Waals surface area contributed by atoms with Crippen molar-refractivity contribution in [3.8, 4) is 0 Å². The fourth-order valence-electron chi connectivity index (χ4n) is 3.13. The number of carbonyl (C=O) groups is 1. The molecule has 126 valence electrons. The summed E-state index contributed by atoms with van der Waals surface area (Å²) in [6.45, 7) is 0.788. The smallest absolute Gasteiger partial charge is 0.249 e. The van der Waals surface area contributed by atoms with Gasteiger partial charge in [0, 0.05) is 18.2 Å². The Kier molecular flexibility index (Phi) is 4.56. The molecule has 0 N–H and O–H groups in total. The molecule has 1 amide bonds. The number of amides is 1. The Hall–Kier alpha value is -1.82. The van der Waals surface area contributed by atoms with Gasteiger partial charge in [0.25, 0.3) is 0 Å². The van der Waals surface area contributed by atoms with Crippen molar-refractivity contribution in [1.29, 1.82) is 0 Å². The molecular formula is C18H21N3O2S. The highest BCUT2D eigenvalue weighted by molar-refractivity contribution is 7.99. The van der Waals surface area contributed by atoms with Gasteiger partial charge in [0.05, 0.1) is 5.75 Å². The third-order valence-electron chi connectivity index (χ3n) is 4.60. The Balaban J connectivity index is 1.34. The molecule has 1 aliphatic carbocycles. The molecule has 6 heteroatoms. The number of hydrogen-bond donors (Lipinski definition) is 0. The van der Waals surface area contributed by atoms with Gasteiger partial charge < -0.3 is 9.42 Å². The number of benzene rings is 1. The van der Waals surface area contributed by atoms with Crippen LogP contribution in [-0.4, -0.2) is 33.2 Å². The molecule has 2 aliphatic rings. The van der Waals surface area contributed by atoms with E-state index < -0.39 is 0 Å². The zero-order valence-electron chi connectivity index (χ0n) is 13.6. The minimum absolute atomic E-state index is 0.0326. The molecule has 1 aromatic heterocycles. The molecule has 1 saturated carbocycles. The molecule has 24 heavy (non-hydrogen) atoms. The van der Waals surface area contributed by atoms with Crippen LogP contribution in [0.25, 0.3) is 0 Å². The first-order valence-corrected chi connectivity index (χ1v) is 9.71. The lowest BCUT2D eigenvalue weighted by atomic mass is 10.2. The third-order valence-corrected chi connectivity index (χ3v) is 5.58. The number of carbonyl (C=O) groups excluding carboxylic acids is 1. The summed E-state index contributed by atoms with van der Waals surface area (Å²) in [6.07, 6.45) is 4.23. The second kappa shape index (κ2) is 6.97. The van der Waals surface area contributed by atoms with E-state index in [2.05, 4.69) is 22.3 Å². The first kappa shape index (κ1) is 15.7. The van der Waals surface area contributed by atoms with Gasteiger partial charge in [0.15, 0.2) is 5.82 Å². The van der Waals surface area contributed by atoms with E-state index in [4.69, 9.17) is 4.52 Å².